The normalized spacial score (nSPS) is 60.0. The zero-order chi connectivity index (χ0) is 9.17. The van der Waals surface area contributed by atoms with Crippen molar-refractivity contribution in [3.63, 3.8) is 0 Å². The summed E-state index contributed by atoms with van der Waals surface area (Å²) in [4.78, 5) is 10.2. The molecule has 5 fully saturated rings. The van der Waals surface area contributed by atoms with Gasteiger partial charge in [-0.15, -0.1) is 0 Å². The minimum absolute atomic E-state index is 0.455. The van der Waals surface area contributed by atoms with Gasteiger partial charge in [0.2, 0.25) is 0 Å². The molecule has 1 unspecified atom stereocenters. The Labute approximate surface area is 84.9 Å². The molecule has 4 aliphatic carbocycles. The summed E-state index contributed by atoms with van der Waals surface area (Å²) in [6.07, 6.45) is 9.33. The highest BCUT2D eigenvalue weighted by atomic mass is 17.2. The molecule has 1 heterocycles. The summed E-state index contributed by atoms with van der Waals surface area (Å²) in [6, 6.07) is 0. The van der Waals surface area contributed by atoms with Crippen molar-refractivity contribution in [1.29, 1.82) is 0 Å². The van der Waals surface area contributed by atoms with Crippen LogP contribution in [0.15, 0.2) is 0 Å². The quantitative estimate of drug-likeness (QED) is 0.597. The molecule has 0 N–H and O–H groups in total. The van der Waals surface area contributed by atoms with Crippen molar-refractivity contribution in [2.45, 2.75) is 44.6 Å². The molecule has 2 nitrogen and oxygen atoms in total. The fourth-order valence-electron chi connectivity index (χ4n) is 4.99. The summed E-state index contributed by atoms with van der Waals surface area (Å²) in [5.41, 5.74) is 0.549. The van der Waals surface area contributed by atoms with Gasteiger partial charge in [0.05, 0.1) is 0 Å². The van der Waals surface area contributed by atoms with Gasteiger partial charge in [-0.2, -0.15) is 0 Å². The SMILES string of the molecule is C1C2CC3CC1CC(C1COO1)(C2)C3. The molecule has 0 amide bonds. The second kappa shape index (κ2) is 2.53. The fourth-order valence-corrected chi connectivity index (χ4v) is 4.99. The first-order valence-corrected chi connectivity index (χ1v) is 6.12. The van der Waals surface area contributed by atoms with Crippen LogP contribution < -0.4 is 0 Å². The summed E-state index contributed by atoms with van der Waals surface area (Å²) in [6.45, 7) is 0.867. The molecule has 5 aliphatic rings. The van der Waals surface area contributed by atoms with Gasteiger partial charge < -0.3 is 0 Å². The Morgan fingerprint density at radius 3 is 1.71 bits per heavy atom. The summed E-state index contributed by atoms with van der Waals surface area (Å²) in [5.74, 6) is 3.10. The van der Waals surface area contributed by atoms with E-state index in [0.29, 0.717) is 11.5 Å². The third-order valence-electron chi connectivity index (χ3n) is 5.17. The topological polar surface area (TPSA) is 18.5 Å². The van der Waals surface area contributed by atoms with Gasteiger partial charge in [-0.25, -0.2) is 9.78 Å². The second-order valence-corrected chi connectivity index (χ2v) is 6.15. The van der Waals surface area contributed by atoms with Gasteiger partial charge in [0, 0.05) is 5.41 Å². The van der Waals surface area contributed by atoms with E-state index in [1.807, 2.05) is 0 Å². The fraction of sp³-hybridized carbons (Fsp3) is 1.00. The monoisotopic (exact) mass is 194 g/mol. The summed E-state index contributed by atoms with van der Waals surface area (Å²) < 4.78 is 0. The van der Waals surface area contributed by atoms with Crippen molar-refractivity contribution in [3.8, 4) is 0 Å². The Balaban J connectivity index is 1.66. The lowest BCUT2D eigenvalue weighted by Gasteiger charge is -2.59. The van der Waals surface area contributed by atoms with Crippen LogP contribution in [0.2, 0.25) is 0 Å². The Kier molecular flexibility index (Phi) is 1.47. The largest absolute Gasteiger partial charge is 0.233 e. The maximum absolute atomic E-state index is 5.32. The van der Waals surface area contributed by atoms with Crippen LogP contribution in [0.5, 0.6) is 0 Å². The van der Waals surface area contributed by atoms with Gasteiger partial charge in [0.25, 0.3) is 0 Å². The zero-order valence-corrected chi connectivity index (χ0v) is 8.58. The molecule has 78 valence electrons. The van der Waals surface area contributed by atoms with Crippen molar-refractivity contribution in [1.82, 2.24) is 0 Å². The Morgan fingerprint density at radius 2 is 1.36 bits per heavy atom. The predicted octanol–water partition coefficient (Wildman–Crippen LogP) is 2.53. The van der Waals surface area contributed by atoms with E-state index in [4.69, 9.17) is 9.78 Å². The molecule has 2 heteroatoms. The summed E-state index contributed by atoms with van der Waals surface area (Å²) in [7, 11) is 0. The van der Waals surface area contributed by atoms with Crippen molar-refractivity contribution in [3.05, 3.63) is 0 Å². The number of hydrogen-bond acceptors (Lipinski definition) is 2. The molecule has 1 aliphatic heterocycles. The minimum Gasteiger partial charge on any atom is -0.233 e. The molecule has 4 saturated carbocycles. The molecule has 1 atom stereocenters. The average Bonchev–Trinajstić information content (AvgIpc) is 1.95. The van der Waals surface area contributed by atoms with Gasteiger partial charge in [0.15, 0.2) is 0 Å². The van der Waals surface area contributed by atoms with Crippen molar-refractivity contribution in [2.75, 3.05) is 6.61 Å². The summed E-state index contributed by atoms with van der Waals surface area (Å²) in [5, 5.41) is 0. The van der Waals surface area contributed by atoms with Crippen molar-refractivity contribution in [2.24, 2.45) is 23.2 Å². The smallest absolute Gasteiger partial charge is 0.125 e. The highest BCUT2D eigenvalue weighted by Gasteiger charge is 2.56. The molecule has 4 bridgehead atoms. The van der Waals surface area contributed by atoms with Gasteiger partial charge in [-0.1, -0.05) is 0 Å². The van der Waals surface area contributed by atoms with Crippen LogP contribution in [-0.2, 0) is 9.78 Å². The molecule has 0 aromatic heterocycles. The maximum Gasteiger partial charge on any atom is 0.125 e. The van der Waals surface area contributed by atoms with Crippen molar-refractivity contribution >= 4 is 0 Å². The molecule has 5 rings (SSSR count). The Bertz CT molecular complexity index is 222. The first kappa shape index (κ1) is 8.12. The van der Waals surface area contributed by atoms with E-state index in [0.717, 1.165) is 24.4 Å². The van der Waals surface area contributed by atoms with E-state index in [1.54, 1.807) is 0 Å². The number of hydrogen-bond donors (Lipinski definition) is 0. The van der Waals surface area contributed by atoms with Gasteiger partial charge in [0.1, 0.15) is 12.7 Å². The first-order valence-electron chi connectivity index (χ1n) is 6.12. The lowest BCUT2D eigenvalue weighted by Crippen LogP contribution is -2.56. The van der Waals surface area contributed by atoms with Crippen LogP contribution in [0.25, 0.3) is 0 Å². The zero-order valence-electron chi connectivity index (χ0n) is 8.58. The van der Waals surface area contributed by atoms with E-state index < -0.39 is 0 Å². The lowest BCUT2D eigenvalue weighted by atomic mass is 9.48. The first-order chi connectivity index (χ1) is 6.84. The van der Waals surface area contributed by atoms with Crippen LogP contribution >= 0.6 is 0 Å². The standard InChI is InChI=1S/C12H18O2/c1-8-2-10-3-9(1)5-12(4-8,6-10)11-7-13-14-11/h8-11H,1-7H2. The third-order valence-corrected chi connectivity index (χ3v) is 5.17. The van der Waals surface area contributed by atoms with E-state index in [-0.39, 0.29) is 0 Å². The Morgan fingerprint density at radius 1 is 0.857 bits per heavy atom. The highest BCUT2D eigenvalue weighted by molar-refractivity contribution is 5.05. The molecule has 0 aromatic rings. The van der Waals surface area contributed by atoms with Crippen LogP contribution in [0, 0.1) is 23.2 Å². The maximum atomic E-state index is 5.32. The van der Waals surface area contributed by atoms with Crippen LogP contribution in [0.4, 0.5) is 0 Å². The molecule has 0 aromatic carbocycles. The van der Waals surface area contributed by atoms with Gasteiger partial charge >= 0.3 is 0 Å². The molecule has 0 spiro atoms. The van der Waals surface area contributed by atoms with E-state index in [1.165, 1.54) is 38.5 Å². The summed E-state index contributed by atoms with van der Waals surface area (Å²) >= 11 is 0. The Hall–Kier alpha value is -0.0800. The number of rotatable bonds is 1. The predicted molar refractivity (Wildman–Crippen MR) is 51.4 cm³/mol. The van der Waals surface area contributed by atoms with Crippen LogP contribution in [-0.4, -0.2) is 12.7 Å². The minimum atomic E-state index is 0.455. The molecular formula is C12H18O2. The van der Waals surface area contributed by atoms with Crippen molar-refractivity contribution < 1.29 is 9.78 Å². The van der Waals surface area contributed by atoms with E-state index >= 15 is 0 Å². The molecule has 1 saturated heterocycles. The van der Waals surface area contributed by atoms with E-state index in [2.05, 4.69) is 0 Å². The van der Waals surface area contributed by atoms with Crippen LogP contribution in [0.1, 0.15) is 38.5 Å². The second-order valence-electron chi connectivity index (χ2n) is 6.15. The average molecular weight is 194 g/mol. The third kappa shape index (κ3) is 0.938. The lowest BCUT2D eigenvalue weighted by molar-refractivity contribution is -0.454. The molecule has 14 heavy (non-hydrogen) atoms. The van der Waals surface area contributed by atoms with E-state index in [9.17, 15) is 0 Å². The molecule has 0 radical (unpaired) electrons. The molecular weight excluding hydrogens is 176 g/mol. The highest BCUT2D eigenvalue weighted by Crippen LogP contribution is 2.62. The van der Waals surface area contributed by atoms with Crippen LogP contribution in [0.3, 0.4) is 0 Å². The van der Waals surface area contributed by atoms with Gasteiger partial charge in [-0.05, 0) is 56.3 Å². The van der Waals surface area contributed by atoms with Gasteiger partial charge in [-0.3, -0.25) is 0 Å².